The highest BCUT2D eigenvalue weighted by Gasteiger charge is 2.27. The van der Waals surface area contributed by atoms with Gasteiger partial charge in [0.05, 0.1) is 17.0 Å². The van der Waals surface area contributed by atoms with Crippen molar-refractivity contribution in [2.45, 2.75) is 32.0 Å². The molecule has 12 heteroatoms. The quantitative estimate of drug-likeness (QED) is 0.661. The number of aromatic nitrogens is 2. The Morgan fingerprint density at radius 3 is 2.47 bits per heavy atom. The minimum Gasteiger partial charge on any atom is -0.370 e. The van der Waals surface area contributed by atoms with Gasteiger partial charge in [0.25, 0.3) is 0 Å². The molecule has 2 aliphatic heterocycles. The summed E-state index contributed by atoms with van der Waals surface area (Å²) in [6.07, 6.45) is 2.79. The van der Waals surface area contributed by atoms with Crippen molar-refractivity contribution in [3.8, 4) is 0 Å². The van der Waals surface area contributed by atoms with Crippen molar-refractivity contribution in [2.24, 2.45) is 0 Å². The Balaban J connectivity index is 1.37. The van der Waals surface area contributed by atoms with Crippen LogP contribution in [0.3, 0.4) is 0 Å². The van der Waals surface area contributed by atoms with Crippen LogP contribution >= 0.6 is 11.6 Å². The number of benzene rings is 1. The van der Waals surface area contributed by atoms with Gasteiger partial charge in [0.1, 0.15) is 6.17 Å². The van der Waals surface area contributed by atoms with Gasteiger partial charge in [0.2, 0.25) is 10.0 Å². The van der Waals surface area contributed by atoms with Crippen LogP contribution in [-0.4, -0.2) is 85.7 Å². The molecule has 9 nitrogen and oxygen atoms in total. The van der Waals surface area contributed by atoms with E-state index in [-0.39, 0.29) is 17.9 Å². The molecule has 1 aromatic heterocycles. The Morgan fingerprint density at radius 1 is 1.15 bits per heavy atom. The number of alkyl halides is 1. The van der Waals surface area contributed by atoms with E-state index in [0.717, 1.165) is 22.2 Å². The topological polar surface area (TPSA) is 90.8 Å². The highest BCUT2D eigenvalue weighted by molar-refractivity contribution is 7.92. The second-order valence-corrected chi connectivity index (χ2v) is 11.0. The molecule has 2 saturated heterocycles. The lowest BCUT2D eigenvalue weighted by atomic mass is 10.0. The van der Waals surface area contributed by atoms with E-state index >= 15 is 0 Å². The van der Waals surface area contributed by atoms with Crippen LogP contribution in [0.1, 0.15) is 31.4 Å². The van der Waals surface area contributed by atoms with E-state index in [1.165, 1.54) is 12.3 Å². The molecule has 2 fully saturated rings. The number of anilines is 2. The molecule has 0 radical (unpaired) electrons. The van der Waals surface area contributed by atoms with E-state index in [4.69, 9.17) is 11.6 Å². The molecule has 1 atom stereocenters. The highest BCUT2D eigenvalue weighted by atomic mass is 35.5. The van der Waals surface area contributed by atoms with Crippen LogP contribution in [0, 0.1) is 0 Å². The van der Waals surface area contributed by atoms with Crippen molar-refractivity contribution in [2.75, 3.05) is 55.1 Å². The normalized spacial score (nSPS) is 19.3. The molecule has 4 rings (SSSR count). The number of nitrogens with zero attached hydrogens (tertiary/aromatic N) is 5. The number of piperidine rings is 1. The molecule has 186 valence electrons. The van der Waals surface area contributed by atoms with Gasteiger partial charge in [0.15, 0.2) is 5.82 Å². The number of hydrogen-bond donors (Lipinski definition) is 1. The number of nitrogens with one attached hydrogen (secondary N) is 1. The lowest BCUT2D eigenvalue weighted by Crippen LogP contribution is -2.50. The van der Waals surface area contributed by atoms with Crippen molar-refractivity contribution < 1.29 is 17.6 Å². The second kappa shape index (κ2) is 10.1. The van der Waals surface area contributed by atoms with E-state index in [1.807, 2.05) is 12.1 Å². The average molecular weight is 513 g/mol. The van der Waals surface area contributed by atoms with Gasteiger partial charge in [-0.25, -0.2) is 17.6 Å². The molecular formula is C22H30ClFN6O3S. The molecular weight excluding hydrogens is 483 g/mol. The van der Waals surface area contributed by atoms with E-state index < -0.39 is 16.2 Å². The molecule has 2 aliphatic rings. The molecule has 1 amide bonds. The van der Waals surface area contributed by atoms with Crippen LogP contribution in [0.25, 0.3) is 0 Å². The number of amides is 1. The van der Waals surface area contributed by atoms with E-state index in [1.54, 1.807) is 4.90 Å². The van der Waals surface area contributed by atoms with Crippen molar-refractivity contribution >= 4 is 39.2 Å². The van der Waals surface area contributed by atoms with Crippen LogP contribution in [0.2, 0.25) is 5.02 Å². The van der Waals surface area contributed by atoms with Crippen LogP contribution in [0.15, 0.2) is 30.5 Å². The largest absolute Gasteiger partial charge is 0.370 e. The molecule has 1 aromatic carbocycles. The molecule has 0 unspecified atom stereocenters. The molecule has 0 aliphatic carbocycles. The summed E-state index contributed by atoms with van der Waals surface area (Å²) in [5.41, 5.74) is 2.08. The number of hydrogen-bond acceptors (Lipinski definition) is 6. The number of halogens is 2. The Hall–Kier alpha value is -2.37. The van der Waals surface area contributed by atoms with E-state index in [2.05, 4.69) is 32.6 Å². The maximum Gasteiger partial charge on any atom is 0.344 e. The van der Waals surface area contributed by atoms with Gasteiger partial charge in [-0.2, -0.15) is 4.68 Å². The Kier molecular flexibility index (Phi) is 7.34. The summed E-state index contributed by atoms with van der Waals surface area (Å²) in [7, 11) is -3.46. The summed E-state index contributed by atoms with van der Waals surface area (Å²) in [6, 6.07) is 7.32. The zero-order valence-corrected chi connectivity index (χ0v) is 20.9. The van der Waals surface area contributed by atoms with Crippen LogP contribution < -0.4 is 9.62 Å². The van der Waals surface area contributed by atoms with Crippen molar-refractivity contribution in [3.05, 3.63) is 41.0 Å². The smallest absolute Gasteiger partial charge is 0.344 e. The number of rotatable bonds is 5. The fraction of sp³-hybridized carbons (Fsp3) is 0.545. The number of carbonyl (C=O) groups is 1. The van der Waals surface area contributed by atoms with Crippen molar-refractivity contribution in [1.29, 1.82) is 0 Å². The third-order valence-electron chi connectivity index (χ3n) is 6.43. The summed E-state index contributed by atoms with van der Waals surface area (Å²) in [5, 5.41) is 4.69. The van der Waals surface area contributed by atoms with Gasteiger partial charge >= 0.3 is 6.03 Å². The van der Waals surface area contributed by atoms with Crippen molar-refractivity contribution in [3.63, 3.8) is 0 Å². The van der Waals surface area contributed by atoms with Crippen LogP contribution in [0.5, 0.6) is 0 Å². The second-order valence-electron chi connectivity index (χ2n) is 8.87. The third kappa shape index (κ3) is 5.81. The molecule has 2 aromatic rings. The SMILES string of the molecule is C[C@H](c1ccc(Cl)c(N2CCC(F)CC2)c1)N1CCN(C(=O)n2ccc(NS(C)(=O)=O)n2)CC1. The van der Waals surface area contributed by atoms with Gasteiger partial charge in [-0.3, -0.25) is 9.62 Å². The highest BCUT2D eigenvalue weighted by Crippen LogP contribution is 2.33. The van der Waals surface area contributed by atoms with Crippen molar-refractivity contribution in [1.82, 2.24) is 19.6 Å². The lowest BCUT2D eigenvalue weighted by molar-refractivity contribution is 0.113. The Bertz CT molecular complexity index is 1130. The maximum absolute atomic E-state index is 13.6. The minimum atomic E-state index is -3.46. The van der Waals surface area contributed by atoms with Gasteiger partial charge in [-0.1, -0.05) is 17.7 Å². The Morgan fingerprint density at radius 2 is 1.82 bits per heavy atom. The average Bonchev–Trinajstić information content (AvgIpc) is 3.26. The monoisotopic (exact) mass is 512 g/mol. The molecule has 0 spiro atoms. The summed E-state index contributed by atoms with van der Waals surface area (Å²) in [5.74, 6) is 0.109. The third-order valence-corrected chi connectivity index (χ3v) is 7.32. The first-order chi connectivity index (χ1) is 16.1. The molecule has 3 heterocycles. The number of sulfonamides is 1. The number of carbonyl (C=O) groups excluding carboxylic acids is 1. The molecule has 1 N–H and O–H groups in total. The first kappa shape index (κ1) is 24.7. The summed E-state index contributed by atoms with van der Waals surface area (Å²) in [4.78, 5) is 19.0. The van der Waals surface area contributed by atoms with Gasteiger partial charge in [-0.15, -0.1) is 5.10 Å². The zero-order valence-electron chi connectivity index (χ0n) is 19.3. The first-order valence-corrected chi connectivity index (χ1v) is 13.6. The fourth-order valence-electron chi connectivity index (χ4n) is 4.45. The maximum atomic E-state index is 13.6. The minimum absolute atomic E-state index is 0.109. The van der Waals surface area contributed by atoms with Crippen LogP contribution in [-0.2, 0) is 10.0 Å². The zero-order chi connectivity index (χ0) is 24.5. The fourth-order valence-corrected chi connectivity index (χ4v) is 5.18. The first-order valence-electron chi connectivity index (χ1n) is 11.4. The lowest BCUT2D eigenvalue weighted by Gasteiger charge is -2.38. The molecule has 0 saturated carbocycles. The summed E-state index contributed by atoms with van der Waals surface area (Å²) in [6.45, 7) is 5.89. The van der Waals surface area contributed by atoms with Gasteiger partial charge in [-0.05, 0) is 37.5 Å². The van der Waals surface area contributed by atoms with E-state index in [9.17, 15) is 17.6 Å². The van der Waals surface area contributed by atoms with E-state index in [0.29, 0.717) is 57.1 Å². The summed E-state index contributed by atoms with van der Waals surface area (Å²) < 4.78 is 39.7. The predicted octanol–water partition coefficient (Wildman–Crippen LogP) is 3.19. The standard InChI is InChI=1S/C22H30ClFN6O3S/c1-16(17-3-4-19(23)20(15-17)28-8-5-18(24)6-9-28)27-11-13-29(14-12-27)22(31)30-10-7-21(25-30)26-34(2,32)33/h3-4,7,10,15-16,18H,5-6,8-9,11-14H2,1-2H3,(H,25,26)/t16-/m1/s1. The molecule has 34 heavy (non-hydrogen) atoms. The van der Waals surface area contributed by atoms with Crippen LogP contribution in [0.4, 0.5) is 20.7 Å². The van der Waals surface area contributed by atoms with Gasteiger partial charge < -0.3 is 9.80 Å². The molecule has 0 bridgehead atoms. The van der Waals surface area contributed by atoms with Gasteiger partial charge in [0, 0.05) is 57.6 Å². The summed E-state index contributed by atoms with van der Waals surface area (Å²) >= 11 is 6.47. The number of piperazine rings is 1. The predicted molar refractivity (Wildman–Crippen MR) is 131 cm³/mol. The Labute approximate surface area is 204 Å².